The van der Waals surface area contributed by atoms with E-state index in [-0.39, 0.29) is 5.91 Å². The smallest absolute Gasteiger partial charge is 0.253 e. The maximum absolute atomic E-state index is 12.9. The zero-order valence-corrected chi connectivity index (χ0v) is 19.2. The van der Waals surface area contributed by atoms with E-state index in [0.29, 0.717) is 18.3 Å². The third-order valence-electron chi connectivity index (χ3n) is 5.84. The van der Waals surface area contributed by atoms with Crippen LogP contribution in [0.15, 0.2) is 64.8 Å². The van der Waals surface area contributed by atoms with E-state index >= 15 is 0 Å². The molecule has 1 fully saturated rings. The number of hydrogen-bond donors (Lipinski definition) is 0. The summed E-state index contributed by atoms with van der Waals surface area (Å²) >= 11 is 1.61. The number of hydrogen-bond acceptors (Lipinski definition) is 7. The molecule has 0 bridgehead atoms. The number of carbonyl (C=O) groups is 1. The summed E-state index contributed by atoms with van der Waals surface area (Å²) in [5, 5.41) is 10.3. The first-order chi connectivity index (χ1) is 16.2. The number of aromatic nitrogens is 4. The molecule has 1 aliphatic rings. The fourth-order valence-corrected chi connectivity index (χ4v) is 4.66. The van der Waals surface area contributed by atoms with Crippen molar-refractivity contribution in [2.45, 2.75) is 19.4 Å². The van der Waals surface area contributed by atoms with Crippen LogP contribution < -0.4 is 0 Å². The molecule has 1 amide bonds. The van der Waals surface area contributed by atoms with Gasteiger partial charge in [0.1, 0.15) is 0 Å². The van der Waals surface area contributed by atoms with Crippen molar-refractivity contribution in [2.75, 3.05) is 32.7 Å². The highest BCUT2D eigenvalue weighted by Crippen LogP contribution is 2.21. The van der Waals surface area contributed by atoms with Gasteiger partial charge in [0.15, 0.2) is 0 Å². The summed E-state index contributed by atoms with van der Waals surface area (Å²) in [6, 6.07) is 13.7. The zero-order valence-electron chi connectivity index (χ0n) is 18.3. The minimum Gasteiger partial charge on any atom is -0.339 e. The van der Waals surface area contributed by atoms with E-state index < -0.39 is 0 Å². The molecule has 170 valence electrons. The van der Waals surface area contributed by atoms with Gasteiger partial charge in [-0.2, -0.15) is 10.1 Å². The fourth-order valence-electron chi connectivity index (χ4n) is 4.01. The van der Waals surface area contributed by atoms with Gasteiger partial charge in [-0.3, -0.25) is 14.4 Å². The van der Waals surface area contributed by atoms with Crippen molar-refractivity contribution in [3.05, 3.63) is 77.3 Å². The molecular formula is C24H26N6O2S. The third kappa shape index (κ3) is 5.37. The van der Waals surface area contributed by atoms with E-state index in [1.165, 1.54) is 0 Å². The van der Waals surface area contributed by atoms with Crippen LogP contribution in [0.25, 0.3) is 10.7 Å². The lowest BCUT2D eigenvalue weighted by molar-refractivity contribution is 0.0635. The Labute approximate surface area is 196 Å². The summed E-state index contributed by atoms with van der Waals surface area (Å²) < 4.78 is 7.25. The Balaban J connectivity index is 1.05. The normalized spacial score (nSPS) is 14.6. The molecule has 3 aromatic heterocycles. The average Bonchev–Trinajstić information content (AvgIpc) is 3.62. The highest BCUT2D eigenvalue weighted by molar-refractivity contribution is 7.13. The molecule has 0 radical (unpaired) electrons. The molecule has 33 heavy (non-hydrogen) atoms. The fraction of sp³-hybridized carbons (Fsp3) is 0.333. The van der Waals surface area contributed by atoms with Gasteiger partial charge in [0.05, 0.1) is 11.4 Å². The molecule has 0 N–H and O–H groups in total. The van der Waals surface area contributed by atoms with Crippen LogP contribution in [0.3, 0.4) is 0 Å². The molecule has 0 atom stereocenters. The molecule has 0 spiro atoms. The number of aryl methyl sites for hydroxylation is 1. The predicted octanol–water partition coefficient (Wildman–Crippen LogP) is 3.43. The van der Waals surface area contributed by atoms with Gasteiger partial charge in [0, 0.05) is 50.6 Å². The molecule has 9 heteroatoms. The Morgan fingerprint density at radius 3 is 2.64 bits per heavy atom. The topological polar surface area (TPSA) is 80.3 Å². The van der Waals surface area contributed by atoms with Crippen LogP contribution in [0.1, 0.15) is 28.2 Å². The Kier molecular flexibility index (Phi) is 6.59. The molecule has 8 nitrogen and oxygen atoms in total. The summed E-state index contributed by atoms with van der Waals surface area (Å²) in [7, 11) is 0. The van der Waals surface area contributed by atoms with Crippen LogP contribution in [0.4, 0.5) is 0 Å². The molecule has 1 aliphatic heterocycles. The standard InChI is InChI=1S/C24H26N6O2S/c31-24(20-8-6-19(7-9-20)18-30-12-3-10-25-30)29-15-13-28(14-16-29)11-1-5-22-26-23(27-32-22)21-4-2-17-33-21/h2-4,6-10,12,17H,1,5,11,13-16,18H2. The summed E-state index contributed by atoms with van der Waals surface area (Å²) in [6.07, 6.45) is 5.42. The first-order valence-electron chi connectivity index (χ1n) is 11.2. The first-order valence-corrected chi connectivity index (χ1v) is 12.1. The van der Waals surface area contributed by atoms with E-state index in [9.17, 15) is 4.79 Å². The number of amides is 1. The van der Waals surface area contributed by atoms with Crippen molar-refractivity contribution in [3.8, 4) is 10.7 Å². The second-order valence-electron chi connectivity index (χ2n) is 8.13. The largest absolute Gasteiger partial charge is 0.339 e. The Morgan fingerprint density at radius 2 is 1.91 bits per heavy atom. The van der Waals surface area contributed by atoms with Gasteiger partial charge in [0.2, 0.25) is 11.7 Å². The minimum atomic E-state index is 0.104. The minimum absolute atomic E-state index is 0.104. The Hall–Kier alpha value is -3.30. The lowest BCUT2D eigenvalue weighted by atomic mass is 10.1. The van der Waals surface area contributed by atoms with Gasteiger partial charge in [0.25, 0.3) is 5.91 Å². The highest BCUT2D eigenvalue weighted by atomic mass is 32.1. The van der Waals surface area contributed by atoms with E-state index in [1.807, 2.05) is 63.6 Å². The van der Waals surface area contributed by atoms with Crippen molar-refractivity contribution in [3.63, 3.8) is 0 Å². The molecule has 0 unspecified atom stereocenters. The van der Waals surface area contributed by atoms with Gasteiger partial charge in [-0.05, 0) is 48.2 Å². The lowest BCUT2D eigenvalue weighted by Crippen LogP contribution is -2.48. The van der Waals surface area contributed by atoms with Crippen LogP contribution in [-0.2, 0) is 13.0 Å². The van der Waals surface area contributed by atoms with Crippen molar-refractivity contribution >= 4 is 17.2 Å². The molecule has 1 saturated heterocycles. The molecule has 0 saturated carbocycles. The quantitative estimate of drug-likeness (QED) is 0.399. The summed E-state index contributed by atoms with van der Waals surface area (Å²) in [6.45, 7) is 4.93. The van der Waals surface area contributed by atoms with Crippen molar-refractivity contribution in [2.24, 2.45) is 0 Å². The second-order valence-corrected chi connectivity index (χ2v) is 9.07. The average molecular weight is 463 g/mol. The van der Waals surface area contributed by atoms with Crippen LogP contribution in [-0.4, -0.2) is 68.4 Å². The third-order valence-corrected chi connectivity index (χ3v) is 6.70. The number of thiophene rings is 1. The zero-order chi connectivity index (χ0) is 22.5. The van der Waals surface area contributed by atoms with E-state index in [0.717, 1.165) is 61.6 Å². The maximum Gasteiger partial charge on any atom is 0.253 e. The first kappa shape index (κ1) is 21.5. The monoisotopic (exact) mass is 462 g/mol. The van der Waals surface area contributed by atoms with Gasteiger partial charge < -0.3 is 9.42 Å². The Bertz CT molecular complexity index is 1150. The van der Waals surface area contributed by atoms with E-state index in [4.69, 9.17) is 4.52 Å². The van der Waals surface area contributed by atoms with E-state index in [2.05, 4.69) is 20.1 Å². The Morgan fingerprint density at radius 1 is 1.06 bits per heavy atom. The van der Waals surface area contributed by atoms with Crippen molar-refractivity contribution in [1.29, 1.82) is 0 Å². The van der Waals surface area contributed by atoms with Gasteiger partial charge >= 0.3 is 0 Å². The van der Waals surface area contributed by atoms with Crippen LogP contribution in [0, 0.1) is 0 Å². The number of benzene rings is 1. The highest BCUT2D eigenvalue weighted by Gasteiger charge is 2.22. The van der Waals surface area contributed by atoms with Gasteiger partial charge in [-0.1, -0.05) is 23.4 Å². The molecule has 4 heterocycles. The molecule has 0 aliphatic carbocycles. The summed E-state index contributed by atoms with van der Waals surface area (Å²) in [5.41, 5.74) is 1.87. The number of carbonyl (C=O) groups excluding carboxylic acids is 1. The van der Waals surface area contributed by atoms with Crippen molar-refractivity contribution < 1.29 is 9.32 Å². The number of rotatable bonds is 8. The van der Waals surface area contributed by atoms with Gasteiger partial charge in [-0.25, -0.2) is 0 Å². The van der Waals surface area contributed by atoms with Crippen LogP contribution in [0.2, 0.25) is 0 Å². The van der Waals surface area contributed by atoms with E-state index in [1.54, 1.807) is 17.5 Å². The number of nitrogens with zero attached hydrogens (tertiary/aromatic N) is 6. The van der Waals surface area contributed by atoms with Crippen LogP contribution >= 0.6 is 11.3 Å². The second kappa shape index (κ2) is 10.1. The van der Waals surface area contributed by atoms with Crippen molar-refractivity contribution in [1.82, 2.24) is 29.7 Å². The molecular weight excluding hydrogens is 436 g/mol. The van der Waals surface area contributed by atoms with Crippen LogP contribution in [0.5, 0.6) is 0 Å². The SMILES string of the molecule is O=C(c1ccc(Cn2cccn2)cc1)N1CCN(CCCc2nc(-c3cccs3)no2)CC1. The predicted molar refractivity (Wildman–Crippen MR) is 126 cm³/mol. The molecule has 4 aromatic rings. The maximum atomic E-state index is 12.9. The number of piperazine rings is 1. The summed E-state index contributed by atoms with van der Waals surface area (Å²) in [5.74, 6) is 1.46. The lowest BCUT2D eigenvalue weighted by Gasteiger charge is -2.34. The molecule has 1 aromatic carbocycles. The van der Waals surface area contributed by atoms with Gasteiger partial charge in [-0.15, -0.1) is 11.3 Å². The molecule has 5 rings (SSSR count). The summed E-state index contributed by atoms with van der Waals surface area (Å²) in [4.78, 5) is 22.8.